The van der Waals surface area contributed by atoms with Crippen molar-refractivity contribution in [3.05, 3.63) is 16.6 Å². The second-order valence-electron chi connectivity index (χ2n) is 1.71. The molecule has 0 aliphatic rings. The molecule has 0 bridgehead atoms. The first-order valence-corrected chi connectivity index (χ1v) is 5.42. The summed E-state index contributed by atoms with van der Waals surface area (Å²) in [6.07, 6.45) is 3.68. The Bertz CT molecular complexity index is 222. The fraction of sp³-hybridized carbons (Fsp3) is 0.333. The Morgan fingerprint density at radius 3 is 3.27 bits per heavy atom. The third kappa shape index (κ3) is 3.18. The molecule has 11 heavy (non-hydrogen) atoms. The van der Waals surface area contributed by atoms with Crippen LogP contribution in [0, 0.1) is 0 Å². The molecule has 0 saturated heterocycles. The smallest absolute Gasteiger partial charge is 0.220 e. The molecule has 60 valence electrons. The van der Waals surface area contributed by atoms with Crippen LogP contribution in [0.2, 0.25) is 0 Å². The Labute approximate surface area is 79.0 Å². The van der Waals surface area contributed by atoms with Crippen molar-refractivity contribution in [2.24, 2.45) is 0 Å². The van der Waals surface area contributed by atoms with Gasteiger partial charge in [0.05, 0.1) is 10.4 Å². The molecular weight excluding hydrogens is 198 g/mol. The third-order valence-corrected chi connectivity index (χ3v) is 2.80. The van der Waals surface area contributed by atoms with Crippen molar-refractivity contribution in [3.8, 4) is 0 Å². The predicted octanol–water partition coefficient (Wildman–Crippen LogP) is 2.31. The molecule has 1 heterocycles. The molecule has 0 spiro atoms. The van der Waals surface area contributed by atoms with Crippen LogP contribution in [0.25, 0.3) is 0 Å². The fourth-order valence-electron chi connectivity index (χ4n) is 0.502. The van der Waals surface area contributed by atoms with Crippen LogP contribution in [0.4, 0.5) is 0 Å². The molecule has 1 rings (SSSR count). The minimum Gasteiger partial charge on any atom is -0.473 e. The van der Waals surface area contributed by atoms with Crippen LogP contribution >= 0.6 is 35.3 Å². The van der Waals surface area contributed by atoms with Gasteiger partial charge in [-0.25, -0.2) is 0 Å². The number of hydrogen-bond acceptors (Lipinski definition) is 5. The standard InChI is InChI=1S/C6H7NOS3/c1-10-6(9)8-3-5-2-7-4-11-5/h2,4H,3H2,1H3. The molecular formula is C6H7NOS3. The SMILES string of the molecule is CSC(=S)OCc1cncs1. The quantitative estimate of drug-likeness (QED) is 0.691. The number of ether oxygens (including phenoxy) is 1. The maximum Gasteiger partial charge on any atom is 0.220 e. The molecule has 5 heteroatoms. The van der Waals surface area contributed by atoms with E-state index in [1.54, 1.807) is 23.0 Å². The van der Waals surface area contributed by atoms with Gasteiger partial charge in [-0.15, -0.1) is 11.3 Å². The molecule has 0 amide bonds. The van der Waals surface area contributed by atoms with Gasteiger partial charge in [0, 0.05) is 6.20 Å². The van der Waals surface area contributed by atoms with Gasteiger partial charge in [-0.3, -0.25) is 4.98 Å². The summed E-state index contributed by atoms with van der Waals surface area (Å²) in [4.78, 5) is 5.01. The van der Waals surface area contributed by atoms with E-state index in [0.717, 1.165) is 4.88 Å². The normalized spacial score (nSPS) is 9.55. The van der Waals surface area contributed by atoms with Crippen molar-refractivity contribution >= 4 is 39.7 Å². The monoisotopic (exact) mass is 205 g/mol. The van der Waals surface area contributed by atoms with Crippen molar-refractivity contribution in [3.63, 3.8) is 0 Å². The second kappa shape index (κ2) is 4.69. The Morgan fingerprint density at radius 2 is 2.73 bits per heavy atom. The molecule has 2 nitrogen and oxygen atoms in total. The molecule has 0 saturated carbocycles. The first-order chi connectivity index (χ1) is 5.33. The van der Waals surface area contributed by atoms with E-state index >= 15 is 0 Å². The van der Waals surface area contributed by atoms with E-state index in [1.165, 1.54) is 11.8 Å². The highest BCUT2D eigenvalue weighted by atomic mass is 32.2. The van der Waals surface area contributed by atoms with E-state index in [9.17, 15) is 0 Å². The number of thioether (sulfide) groups is 1. The van der Waals surface area contributed by atoms with Crippen LogP contribution in [0.15, 0.2) is 11.7 Å². The number of rotatable bonds is 2. The molecule has 0 aromatic carbocycles. The van der Waals surface area contributed by atoms with Crippen molar-refractivity contribution in [1.29, 1.82) is 0 Å². The number of thiocarbonyl (C=S) groups is 1. The largest absolute Gasteiger partial charge is 0.473 e. The summed E-state index contributed by atoms with van der Waals surface area (Å²) in [5.74, 6) is 0. The van der Waals surface area contributed by atoms with E-state index in [4.69, 9.17) is 17.0 Å². The van der Waals surface area contributed by atoms with Crippen LogP contribution in [-0.4, -0.2) is 15.6 Å². The predicted molar refractivity (Wildman–Crippen MR) is 53.0 cm³/mol. The topological polar surface area (TPSA) is 22.1 Å². The zero-order valence-corrected chi connectivity index (χ0v) is 8.39. The molecule has 0 N–H and O–H groups in total. The summed E-state index contributed by atoms with van der Waals surface area (Å²) in [5, 5.41) is 0. The summed E-state index contributed by atoms with van der Waals surface area (Å²) in [6, 6.07) is 0. The van der Waals surface area contributed by atoms with Gasteiger partial charge in [-0.1, -0.05) is 11.8 Å². The van der Waals surface area contributed by atoms with Gasteiger partial charge in [-0.05, 0) is 18.5 Å². The lowest BCUT2D eigenvalue weighted by molar-refractivity contribution is 0.314. The highest BCUT2D eigenvalue weighted by molar-refractivity contribution is 8.22. The van der Waals surface area contributed by atoms with Crippen LogP contribution < -0.4 is 0 Å². The Morgan fingerprint density at radius 1 is 1.91 bits per heavy atom. The maximum atomic E-state index is 5.20. The van der Waals surface area contributed by atoms with Crippen LogP contribution in [0.1, 0.15) is 4.88 Å². The van der Waals surface area contributed by atoms with Crippen molar-refractivity contribution in [2.75, 3.05) is 6.26 Å². The van der Waals surface area contributed by atoms with E-state index in [0.29, 0.717) is 11.0 Å². The average molecular weight is 205 g/mol. The minimum atomic E-state index is 0.546. The minimum absolute atomic E-state index is 0.546. The molecule has 1 aromatic rings. The van der Waals surface area contributed by atoms with Crippen molar-refractivity contribution in [1.82, 2.24) is 4.98 Å². The Balaban J connectivity index is 2.29. The molecule has 0 atom stereocenters. The Kier molecular flexibility index (Phi) is 3.82. The van der Waals surface area contributed by atoms with E-state index < -0.39 is 0 Å². The van der Waals surface area contributed by atoms with Crippen LogP contribution in [0.5, 0.6) is 0 Å². The molecule has 0 radical (unpaired) electrons. The molecule has 0 aliphatic carbocycles. The first-order valence-electron chi connectivity index (χ1n) is 2.91. The van der Waals surface area contributed by atoms with Gasteiger partial charge in [0.1, 0.15) is 6.61 Å². The summed E-state index contributed by atoms with van der Waals surface area (Å²) < 4.78 is 5.78. The van der Waals surface area contributed by atoms with E-state index in [2.05, 4.69) is 4.98 Å². The summed E-state index contributed by atoms with van der Waals surface area (Å²) in [7, 11) is 0. The molecule has 0 fully saturated rings. The van der Waals surface area contributed by atoms with Crippen LogP contribution in [-0.2, 0) is 11.3 Å². The molecule has 1 aromatic heterocycles. The van der Waals surface area contributed by atoms with Gasteiger partial charge in [0.25, 0.3) is 0 Å². The lowest BCUT2D eigenvalue weighted by Gasteiger charge is -2.00. The van der Waals surface area contributed by atoms with Crippen LogP contribution in [0.3, 0.4) is 0 Å². The lowest BCUT2D eigenvalue weighted by atomic mass is 10.6. The average Bonchev–Trinajstić information content (AvgIpc) is 2.52. The molecule has 0 unspecified atom stereocenters. The highest BCUT2D eigenvalue weighted by Gasteiger charge is 1.97. The van der Waals surface area contributed by atoms with Gasteiger partial charge in [0.15, 0.2) is 0 Å². The van der Waals surface area contributed by atoms with E-state index in [-0.39, 0.29) is 0 Å². The number of thiazole rings is 1. The van der Waals surface area contributed by atoms with Gasteiger partial charge in [0.2, 0.25) is 4.38 Å². The number of nitrogens with zero attached hydrogens (tertiary/aromatic N) is 1. The summed E-state index contributed by atoms with van der Waals surface area (Å²) in [5.41, 5.74) is 1.78. The van der Waals surface area contributed by atoms with Gasteiger partial charge in [-0.2, -0.15) is 0 Å². The molecule has 0 aliphatic heterocycles. The zero-order valence-electron chi connectivity index (χ0n) is 5.94. The lowest BCUT2D eigenvalue weighted by Crippen LogP contribution is -1.94. The first kappa shape index (κ1) is 8.96. The zero-order chi connectivity index (χ0) is 8.10. The van der Waals surface area contributed by atoms with Crippen molar-refractivity contribution < 1.29 is 4.74 Å². The summed E-state index contributed by atoms with van der Waals surface area (Å²) >= 11 is 7.86. The maximum absolute atomic E-state index is 5.20. The van der Waals surface area contributed by atoms with Crippen molar-refractivity contribution in [2.45, 2.75) is 6.61 Å². The highest BCUT2D eigenvalue weighted by Crippen LogP contribution is 2.09. The third-order valence-electron chi connectivity index (χ3n) is 0.982. The second-order valence-corrected chi connectivity index (χ2v) is 4.09. The number of aromatic nitrogens is 1. The van der Waals surface area contributed by atoms with E-state index in [1.807, 2.05) is 6.26 Å². The van der Waals surface area contributed by atoms with Gasteiger partial charge < -0.3 is 4.74 Å². The Hall–Kier alpha value is -0.130. The van der Waals surface area contributed by atoms with Gasteiger partial charge >= 0.3 is 0 Å². The fourth-order valence-corrected chi connectivity index (χ4v) is 1.24. The summed E-state index contributed by atoms with van der Waals surface area (Å²) in [6.45, 7) is 0.546. The number of hydrogen-bond donors (Lipinski definition) is 0.